The molecule has 2 aromatic carbocycles. The summed E-state index contributed by atoms with van der Waals surface area (Å²) in [6, 6.07) is 22.1. The number of nitriles is 1. The molecule has 0 aliphatic rings. The Bertz CT molecular complexity index is 1210. The molecule has 1 amide bonds. The zero-order valence-corrected chi connectivity index (χ0v) is 15.5. The molecular weight excluding hydrogens is 372 g/mol. The molecule has 1 N–H and O–H groups in total. The molecule has 4 aromatic rings. The summed E-state index contributed by atoms with van der Waals surface area (Å²) in [5, 5.41) is 12.7. The summed E-state index contributed by atoms with van der Waals surface area (Å²) in [5.41, 5.74) is 4.06. The van der Waals surface area contributed by atoms with Crippen LogP contribution in [0.15, 0.2) is 72.9 Å². The Balaban J connectivity index is 1.71. The second-order valence-corrected chi connectivity index (χ2v) is 6.66. The number of hydrogen-bond donors (Lipinski definition) is 1. The topological polar surface area (TPSA) is 70.2 Å². The van der Waals surface area contributed by atoms with E-state index in [0.29, 0.717) is 16.3 Å². The van der Waals surface area contributed by atoms with Crippen LogP contribution in [-0.4, -0.2) is 15.3 Å². The number of rotatable bonds is 4. The lowest BCUT2D eigenvalue weighted by molar-refractivity contribution is -0.115. The van der Waals surface area contributed by atoms with Gasteiger partial charge in [0.1, 0.15) is 11.7 Å². The SMILES string of the molecule is N#Cc1ccccc1NC(=O)Cc1c(-c2ccc(Cl)cc2)nc2ccccn12. The third-order valence-electron chi connectivity index (χ3n) is 4.40. The van der Waals surface area contributed by atoms with E-state index < -0.39 is 0 Å². The van der Waals surface area contributed by atoms with Gasteiger partial charge in [0.25, 0.3) is 0 Å². The highest BCUT2D eigenvalue weighted by Gasteiger charge is 2.17. The third-order valence-corrected chi connectivity index (χ3v) is 4.65. The fourth-order valence-corrected chi connectivity index (χ4v) is 3.22. The number of aromatic nitrogens is 2. The van der Waals surface area contributed by atoms with Crippen LogP contribution < -0.4 is 5.32 Å². The zero-order chi connectivity index (χ0) is 19.5. The van der Waals surface area contributed by atoms with Crippen LogP contribution in [0, 0.1) is 11.3 Å². The van der Waals surface area contributed by atoms with Crippen molar-refractivity contribution >= 4 is 28.8 Å². The molecule has 6 heteroatoms. The Morgan fingerprint density at radius 2 is 1.82 bits per heavy atom. The lowest BCUT2D eigenvalue weighted by Crippen LogP contribution is -2.16. The van der Waals surface area contributed by atoms with Crippen molar-refractivity contribution in [2.45, 2.75) is 6.42 Å². The monoisotopic (exact) mass is 386 g/mol. The van der Waals surface area contributed by atoms with Crippen molar-refractivity contribution in [3.05, 3.63) is 89.2 Å². The maximum absolute atomic E-state index is 12.7. The molecule has 0 spiro atoms. The van der Waals surface area contributed by atoms with Crippen molar-refractivity contribution in [3.63, 3.8) is 0 Å². The molecule has 136 valence electrons. The number of amides is 1. The normalized spacial score (nSPS) is 10.6. The summed E-state index contributed by atoms with van der Waals surface area (Å²) >= 11 is 6.00. The molecule has 5 nitrogen and oxygen atoms in total. The molecule has 0 unspecified atom stereocenters. The lowest BCUT2D eigenvalue weighted by atomic mass is 10.1. The number of halogens is 1. The number of pyridine rings is 1. The first-order valence-corrected chi connectivity index (χ1v) is 9.04. The molecule has 0 fully saturated rings. The number of nitrogens with zero attached hydrogens (tertiary/aromatic N) is 3. The van der Waals surface area contributed by atoms with Crippen molar-refractivity contribution in [3.8, 4) is 17.3 Å². The second-order valence-electron chi connectivity index (χ2n) is 6.23. The molecule has 0 radical (unpaired) electrons. The van der Waals surface area contributed by atoms with Gasteiger partial charge in [-0.05, 0) is 36.4 Å². The number of hydrogen-bond acceptors (Lipinski definition) is 3. The van der Waals surface area contributed by atoms with Crippen LogP contribution in [0.2, 0.25) is 5.02 Å². The van der Waals surface area contributed by atoms with Gasteiger partial charge in [0.15, 0.2) is 0 Å². The number of nitrogens with one attached hydrogen (secondary N) is 1. The van der Waals surface area contributed by atoms with Crippen molar-refractivity contribution < 1.29 is 4.79 Å². The second kappa shape index (κ2) is 7.55. The van der Waals surface area contributed by atoms with E-state index in [1.54, 1.807) is 36.4 Å². The predicted octanol–water partition coefficient (Wildman–Crippen LogP) is 4.71. The number of para-hydroxylation sites is 1. The number of carbonyl (C=O) groups excluding carboxylic acids is 1. The number of carbonyl (C=O) groups is 1. The van der Waals surface area contributed by atoms with Gasteiger partial charge in [-0.3, -0.25) is 4.79 Å². The Labute approximate surface area is 166 Å². The summed E-state index contributed by atoms with van der Waals surface area (Å²) < 4.78 is 1.90. The molecular formula is C22H15ClN4O. The smallest absolute Gasteiger partial charge is 0.230 e. The maximum atomic E-state index is 12.7. The number of benzene rings is 2. The molecule has 0 bridgehead atoms. The predicted molar refractivity (Wildman–Crippen MR) is 109 cm³/mol. The van der Waals surface area contributed by atoms with E-state index in [4.69, 9.17) is 16.6 Å². The number of anilines is 1. The van der Waals surface area contributed by atoms with Gasteiger partial charge in [-0.1, -0.05) is 41.9 Å². The van der Waals surface area contributed by atoms with Crippen LogP contribution in [0.1, 0.15) is 11.3 Å². The van der Waals surface area contributed by atoms with E-state index in [9.17, 15) is 10.1 Å². The molecule has 2 aromatic heterocycles. The fraction of sp³-hybridized carbons (Fsp3) is 0.0455. The first kappa shape index (κ1) is 17.8. The summed E-state index contributed by atoms with van der Waals surface area (Å²) in [6.45, 7) is 0. The Hall–Kier alpha value is -3.62. The van der Waals surface area contributed by atoms with Gasteiger partial charge in [0.2, 0.25) is 5.91 Å². The van der Waals surface area contributed by atoms with E-state index >= 15 is 0 Å². The Morgan fingerprint density at radius 3 is 2.61 bits per heavy atom. The fourth-order valence-electron chi connectivity index (χ4n) is 3.09. The van der Waals surface area contributed by atoms with Gasteiger partial charge < -0.3 is 9.72 Å². The first-order chi connectivity index (χ1) is 13.7. The largest absolute Gasteiger partial charge is 0.325 e. The van der Waals surface area contributed by atoms with Crippen LogP contribution in [0.4, 0.5) is 5.69 Å². The minimum atomic E-state index is -0.219. The first-order valence-electron chi connectivity index (χ1n) is 8.66. The van der Waals surface area contributed by atoms with Gasteiger partial charge in [-0.15, -0.1) is 0 Å². The van der Waals surface area contributed by atoms with Crippen LogP contribution in [0.3, 0.4) is 0 Å². The van der Waals surface area contributed by atoms with Gasteiger partial charge >= 0.3 is 0 Å². The molecule has 0 atom stereocenters. The maximum Gasteiger partial charge on any atom is 0.230 e. The average Bonchev–Trinajstić information content (AvgIpc) is 3.07. The Morgan fingerprint density at radius 1 is 1.07 bits per heavy atom. The van der Waals surface area contributed by atoms with Crippen LogP contribution in [-0.2, 0) is 11.2 Å². The van der Waals surface area contributed by atoms with E-state index in [0.717, 1.165) is 22.6 Å². The van der Waals surface area contributed by atoms with Crippen molar-refractivity contribution in [2.24, 2.45) is 0 Å². The third kappa shape index (κ3) is 3.46. The molecule has 4 rings (SSSR count). The van der Waals surface area contributed by atoms with Crippen molar-refractivity contribution in [1.29, 1.82) is 5.26 Å². The highest BCUT2D eigenvalue weighted by molar-refractivity contribution is 6.30. The molecule has 2 heterocycles. The standard InChI is InChI=1S/C22H15ClN4O/c23-17-10-8-15(9-11-17)22-19(27-12-4-3-7-20(27)26-22)13-21(28)25-18-6-2-1-5-16(18)14-24/h1-12H,13H2,(H,25,28). The summed E-state index contributed by atoms with van der Waals surface area (Å²) in [6.07, 6.45) is 2.00. The highest BCUT2D eigenvalue weighted by Crippen LogP contribution is 2.26. The van der Waals surface area contributed by atoms with E-state index in [-0.39, 0.29) is 12.3 Å². The molecule has 0 saturated carbocycles. The van der Waals surface area contributed by atoms with Crippen molar-refractivity contribution in [2.75, 3.05) is 5.32 Å². The minimum Gasteiger partial charge on any atom is -0.325 e. The van der Waals surface area contributed by atoms with Gasteiger partial charge in [0.05, 0.1) is 29.1 Å². The Kier molecular flexibility index (Phi) is 4.79. The molecule has 0 aliphatic heterocycles. The summed E-state index contributed by atoms with van der Waals surface area (Å²) in [5.74, 6) is -0.219. The summed E-state index contributed by atoms with van der Waals surface area (Å²) in [7, 11) is 0. The molecule has 0 saturated heterocycles. The minimum absolute atomic E-state index is 0.114. The van der Waals surface area contributed by atoms with Gasteiger partial charge in [-0.25, -0.2) is 4.98 Å². The quantitative estimate of drug-likeness (QED) is 0.552. The highest BCUT2D eigenvalue weighted by atomic mass is 35.5. The number of fused-ring (bicyclic) bond motifs is 1. The van der Waals surface area contributed by atoms with Crippen LogP contribution >= 0.6 is 11.6 Å². The molecule has 0 aliphatic carbocycles. The average molecular weight is 387 g/mol. The summed E-state index contributed by atoms with van der Waals surface area (Å²) in [4.78, 5) is 17.4. The van der Waals surface area contributed by atoms with Crippen LogP contribution in [0.25, 0.3) is 16.9 Å². The van der Waals surface area contributed by atoms with E-state index in [1.807, 2.05) is 40.9 Å². The zero-order valence-electron chi connectivity index (χ0n) is 14.8. The number of imidazole rings is 1. The van der Waals surface area contributed by atoms with Gasteiger partial charge in [-0.2, -0.15) is 5.26 Å². The van der Waals surface area contributed by atoms with Gasteiger partial charge in [0, 0.05) is 16.8 Å². The molecule has 28 heavy (non-hydrogen) atoms. The van der Waals surface area contributed by atoms with Crippen LogP contribution in [0.5, 0.6) is 0 Å². The van der Waals surface area contributed by atoms with E-state index in [1.165, 1.54) is 0 Å². The lowest BCUT2D eigenvalue weighted by Gasteiger charge is -2.08. The van der Waals surface area contributed by atoms with Crippen molar-refractivity contribution in [1.82, 2.24) is 9.38 Å². The van der Waals surface area contributed by atoms with E-state index in [2.05, 4.69) is 11.4 Å².